The van der Waals surface area contributed by atoms with Crippen LogP contribution in [0.4, 0.5) is 17.1 Å². The summed E-state index contributed by atoms with van der Waals surface area (Å²) in [6.45, 7) is 0. The lowest BCUT2D eigenvalue weighted by Gasteiger charge is -2.28. The normalized spacial score (nSPS) is 12.2. The Morgan fingerprint density at radius 1 is 0.486 bits per heavy atom. The van der Waals surface area contributed by atoms with Gasteiger partial charge < -0.3 is 4.90 Å². The van der Waals surface area contributed by atoms with Gasteiger partial charge in [0.1, 0.15) is 0 Å². The molecule has 0 aliphatic carbocycles. The second-order valence-electron chi connectivity index (χ2n) is 9.18. The van der Waals surface area contributed by atoms with Crippen molar-refractivity contribution in [1.82, 2.24) is 9.97 Å². The minimum Gasteiger partial charge on any atom is -0.309 e. The van der Waals surface area contributed by atoms with E-state index in [-0.39, 0.29) is 0 Å². The highest BCUT2D eigenvalue weighted by Gasteiger charge is 2.21. The van der Waals surface area contributed by atoms with Gasteiger partial charge in [0.25, 0.3) is 0 Å². The number of fused-ring (bicyclic) bond motifs is 3. The molecule has 7 rings (SSSR count). The number of benzene rings is 4. The standard InChI is InChI=1S/C34H23N3/c1-2-10-29-23-36-32(21-26(29)9-1)28-18-17-25-16-15-24-8-3-4-14-33(24)37(34(25)22-28)30-12-7-11-27(20-30)31-13-5-6-19-35-31/h1-23H. The highest BCUT2D eigenvalue weighted by Crippen LogP contribution is 2.44. The minimum atomic E-state index is 0.958. The van der Waals surface area contributed by atoms with Crippen molar-refractivity contribution in [3.63, 3.8) is 0 Å². The summed E-state index contributed by atoms with van der Waals surface area (Å²) in [6, 6.07) is 40.3. The van der Waals surface area contributed by atoms with Gasteiger partial charge in [-0.3, -0.25) is 9.97 Å². The van der Waals surface area contributed by atoms with Crippen LogP contribution in [-0.4, -0.2) is 9.97 Å². The third-order valence-corrected chi connectivity index (χ3v) is 6.88. The molecule has 2 aromatic heterocycles. The molecule has 0 bridgehead atoms. The highest BCUT2D eigenvalue weighted by molar-refractivity contribution is 5.95. The van der Waals surface area contributed by atoms with Crippen LogP contribution < -0.4 is 4.90 Å². The van der Waals surface area contributed by atoms with Crippen LogP contribution >= 0.6 is 0 Å². The van der Waals surface area contributed by atoms with Crippen molar-refractivity contribution in [2.24, 2.45) is 0 Å². The van der Waals surface area contributed by atoms with Crippen LogP contribution in [0, 0.1) is 0 Å². The lowest BCUT2D eigenvalue weighted by molar-refractivity contribution is 1.26. The molecule has 3 heterocycles. The molecule has 37 heavy (non-hydrogen) atoms. The van der Waals surface area contributed by atoms with Gasteiger partial charge in [0, 0.05) is 34.6 Å². The SMILES string of the molecule is C1=Cc2ccc(-c3cc4ccccc4cn3)cc2N(c2cccc(-c3ccccn3)c2)c2ccccc21. The number of rotatable bonds is 3. The molecule has 0 saturated heterocycles. The second kappa shape index (κ2) is 8.89. The Balaban J connectivity index is 1.42. The van der Waals surface area contributed by atoms with E-state index in [1.807, 2.05) is 30.6 Å². The van der Waals surface area contributed by atoms with Crippen LogP contribution in [0.5, 0.6) is 0 Å². The van der Waals surface area contributed by atoms with Gasteiger partial charge in [0.2, 0.25) is 0 Å². The van der Waals surface area contributed by atoms with Gasteiger partial charge in [0.05, 0.1) is 22.8 Å². The molecule has 0 amide bonds. The van der Waals surface area contributed by atoms with E-state index in [0.29, 0.717) is 0 Å². The highest BCUT2D eigenvalue weighted by atomic mass is 15.1. The number of para-hydroxylation sites is 1. The van der Waals surface area contributed by atoms with Crippen LogP contribution in [0.2, 0.25) is 0 Å². The molecule has 6 aromatic rings. The van der Waals surface area contributed by atoms with Crippen LogP contribution in [0.3, 0.4) is 0 Å². The molecule has 0 fully saturated rings. The molecule has 0 atom stereocenters. The average molecular weight is 474 g/mol. The maximum atomic E-state index is 4.80. The molecule has 0 saturated carbocycles. The van der Waals surface area contributed by atoms with E-state index < -0.39 is 0 Å². The Morgan fingerprint density at radius 3 is 2.16 bits per heavy atom. The first kappa shape index (κ1) is 21.3. The molecule has 174 valence electrons. The summed E-state index contributed by atoms with van der Waals surface area (Å²) in [5.41, 5.74) is 9.77. The Labute approximate surface area is 216 Å². The van der Waals surface area contributed by atoms with Crippen LogP contribution in [-0.2, 0) is 0 Å². The average Bonchev–Trinajstić information content (AvgIpc) is 3.14. The monoisotopic (exact) mass is 473 g/mol. The number of pyridine rings is 2. The molecule has 0 spiro atoms. The largest absolute Gasteiger partial charge is 0.309 e. The minimum absolute atomic E-state index is 0.958. The number of hydrogen-bond donors (Lipinski definition) is 0. The van der Waals surface area contributed by atoms with E-state index in [1.54, 1.807) is 0 Å². The summed E-state index contributed by atoms with van der Waals surface area (Å²) >= 11 is 0. The zero-order chi connectivity index (χ0) is 24.6. The molecule has 0 radical (unpaired) electrons. The molecule has 3 heteroatoms. The van der Waals surface area contributed by atoms with Gasteiger partial charge in [-0.15, -0.1) is 0 Å². The predicted octanol–water partition coefficient (Wildman–Crippen LogP) is 8.92. The van der Waals surface area contributed by atoms with Gasteiger partial charge in [-0.2, -0.15) is 0 Å². The molecular formula is C34H23N3. The van der Waals surface area contributed by atoms with Crippen LogP contribution in [0.1, 0.15) is 11.1 Å². The topological polar surface area (TPSA) is 29.0 Å². The molecular weight excluding hydrogens is 450 g/mol. The van der Waals surface area contributed by atoms with Gasteiger partial charge in [0.15, 0.2) is 0 Å². The summed E-state index contributed by atoms with van der Waals surface area (Å²) in [5, 5.41) is 2.33. The van der Waals surface area contributed by atoms with Crippen LogP contribution in [0.25, 0.3) is 45.4 Å². The van der Waals surface area contributed by atoms with Gasteiger partial charge in [-0.05, 0) is 59.0 Å². The summed E-state index contributed by atoms with van der Waals surface area (Å²) < 4.78 is 0. The van der Waals surface area contributed by atoms with Gasteiger partial charge >= 0.3 is 0 Å². The summed E-state index contributed by atoms with van der Waals surface area (Å²) in [7, 11) is 0. The van der Waals surface area contributed by atoms with Gasteiger partial charge in [-0.25, -0.2) is 0 Å². The Hall–Kier alpha value is -5.02. The maximum absolute atomic E-state index is 4.80. The van der Waals surface area contributed by atoms with Gasteiger partial charge in [-0.1, -0.05) is 84.9 Å². The predicted molar refractivity (Wildman–Crippen MR) is 154 cm³/mol. The Bertz CT molecular complexity index is 1790. The van der Waals surface area contributed by atoms with Crippen LogP contribution in [0.15, 0.2) is 128 Å². The summed E-state index contributed by atoms with van der Waals surface area (Å²) in [6.07, 6.45) is 8.20. The van der Waals surface area contributed by atoms with E-state index in [2.05, 4.69) is 119 Å². The van der Waals surface area contributed by atoms with Crippen molar-refractivity contribution in [3.8, 4) is 22.5 Å². The quantitative estimate of drug-likeness (QED) is 0.256. The smallest absolute Gasteiger partial charge is 0.0709 e. The lowest BCUT2D eigenvalue weighted by atomic mass is 10.0. The number of nitrogens with zero attached hydrogens (tertiary/aromatic N) is 3. The molecule has 1 aliphatic heterocycles. The zero-order valence-electron chi connectivity index (χ0n) is 20.1. The Morgan fingerprint density at radius 2 is 1.27 bits per heavy atom. The molecule has 1 aliphatic rings. The van der Waals surface area contributed by atoms with E-state index in [1.165, 1.54) is 10.9 Å². The van der Waals surface area contributed by atoms with Crippen molar-refractivity contribution >= 4 is 40.0 Å². The summed E-state index contributed by atoms with van der Waals surface area (Å²) in [5.74, 6) is 0. The maximum Gasteiger partial charge on any atom is 0.0709 e. The summed E-state index contributed by atoms with van der Waals surface area (Å²) in [4.78, 5) is 11.7. The van der Waals surface area contributed by atoms with E-state index in [4.69, 9.17) is 4.98 Å². The van der Waals surface area contributed by atoms with Crippen molar-refractivity contribution in [1.29, 1.82) is 0 Å². The fourth-order valence-electron chi connectivity index (χ4n) is 5.04. The third kappa shape index (κ3) is 3.87. The first-order valence-electron chi connectivity index (χ1n) is 12.4. The van der Waals surface area contributed by atoms with Crippen molar-refractivity contribution in [2.45, 2.75) is 0 Å². The fraction of sp³-hybridized carbons (Fsp3) is 0. The Kier molecular flexibility index (Phi) is 5.11. The lowest BCUT2D eigenvalue weighted by Crippen LogP contribution is -2.12. The zero-order valence-corrected chi connectivity index (χ0v) is 20.1. The van der Waals surface area contributed by atoms with Crippen molar-refractivity contribution in [3.05, 3.63) is 139 Å². The third-order valence-electron chi connectivity index (χ3n) is 6.88. The van der Waals surface area contributed by atoms with E-state index in [9.17, 15) is 0 Å². The van der Waals surface area contributed by atoms with Crippen molar-refractivity contribution in [2.75, 3.05) is 4.90 Å². The first-order valence-corrected chi connectivity index (χ1v) is 12.4. The fourth-order valence-corrected chi connectivity index (χ4v) is 5.04. The number of hydrogen-bond acceptors (Lipinski definition) is 3. The molecule has 0 unspecified atom stereocenters. The molecule has 3 nitrogen and oxygen atoms in total. The molecule has 0 N–H and O–H groups in total. The number of anilines is 3. The molecule has 4 aromatic carbocycles. The first-order chi connectivity index (χ1) is 18.3. The second-order valence-corrected chi connectivity index (χ2v) is 9.18. The number of aromatic nitrogens is 2. The van der Waals surface area contributed by atoms with Crippen molar-refractivity contribution < 1.29 is 0 Å². The van der Waals surface area contributed by atoms with E-state index >= 15 is 0 Å². The van der Waals surface area contributed by atoms with E-state index in [0.717, 1.165) is 50.5 Å².